The van der Waals surface area contributed by atoms with E-state index in [2.05, 4.69) is 420 Å². The van der Waals surface area contributed by atoms with Crippen LogP contribution in [0.15, 0.2) is 397 Å². The van der Waals surface area contributed by atoms with Crippen molar-refractivity contribution in [2.75, 3.05) is 0 Å². The van der Waals surface area contributed by atoms with Gasteiger partial charge >= 0.3 is 0 Å². The van der Waals surface area contributed by atoms with Crippen molar-refractivity contribution in [3.8, 4) is 89.5 Å². The molecule has 6 nitrogen and oxygen atoms in total. The summed E-state index contributed by atoms with van der Waals surface area (Å²) >= 11 is 0. The largest absolute Gasteiger partial charge is 0.454 e. The lowest BCUT2D eigenvalue weighted by atomic mass is 9.77. The number of allylic oxidation sites excluding steroid dienone is 1. The summed E-state index contributed by atoms with van der Waals surface area (Å²) in [5.74, 6) is 0.0225. The van der Waals surface area contributed by atoms with Crippen molar-refractivity contribution >= 4 is 126 Å². The number of hydrogen-bond acceptors (Lipinski definition) is 2. The van der Waals surface area contributed by atoms with Crippen molar-refractivity contribution < 1.29 is 8.83 Å². The summed E-state index contributed by atoms with van der Waals surface area (Å²) in [6.07, 6.45) is 4.91. The standard InChI is InChI=1S/C109H70N4O2/c1-67-81(55-56-99-105(67)87-35-12-18-42-96(87)113(99)102-66-80(110-92-38-14-8-31-82(92)83-32-9-15-39-93(83)110)65-90-89-63-78(53-59-103(89)114-108(90)102)76-29-20-27-74(61-76)72-49-45-70(46-50-72)68-23-4-2-5-24-68)86-37-22-44-98-106(86)88-36-13-19-43-97(88)112(98)100-57-58-101(111-94-40-16-10-33-84(94)85-34-11-17-41-95(85)111)109-107(100)91-64-79(54-60-104(91)115-109)77-30-21-28-75(62-77)73-51-47-71(48-52-73)69-25-6-3-7-26-69/h2-67,81H,1H3. The van der Waals surface area contributed by atoms with Crippen LogP contribution < -0.4 is 0 Å². The molecule has 17 aromatic carbocycles. The number of benzene rings is 17. The minimum absolute atomic E-state index is 0.0111. The monoisotopic (exact) mass is 1470 g/mol. The van der Waals surface area contributed by atoms with Gasteiger partial charge in [0.05, 0.1) is 66.8 Å². The molecule has 23 aromatic rings. The number of aromatic nitrogens is 4. The number of fused-ring (bicyclic) bond motifs is 18. The Morgan fingerprint density at radius 2 is 0.617 bits per heavy atom. The molecular formula is C109H70N4O2. The van der Waals surface area contributed by atoms with Crippen LogP contribution in [0, 0.1) is 0 Å². The topological polar surface area (TPSA) is 46.0 Å². The summed E-state index contributed by atoms with van der Waals surface area (Å²) in [5.41, 5.74) is 33.1. The van der Waals surface area contributed by atoms with E-state index in [1.54, 1.807) is 0 Å². The average molecular weight is 1470 g/mol. The molecule has 0 spiro atoms. The smallest absolute Gasteiger partial charge is 0.161 e. The molecule has 0 aliphatic heterocycles. The fourth-order valence-electron chi connectivity index (χ4n) is 19.5. The van der Waals surface area contributed by atoms with Crippen LogP contribution in [0.4, 0.5) is 0 Å². The molecule has 0 N–H and O–H groups in total. The zero-order chi connectivity index (χ0) is 75.5. The Bertz CT molecular complexity index is 7870. The first-order valence-electron chi connectivity index (χ1n) is 39.8. The second kappa shape index (κ2) is 25.5. The molecule has 6 heterocycles. The lowest BCUT2D eigenvalue weighted by Crippen LogP contribution is -2.12. The van der Waals surface area contributed by atoms with E-state index in [4.69, 9.17) is 8.83 Å². The fourth-order valence-corrected chi connectivity index (χ4v) is 19.5. The molecule has 538 valence electrons. The van der Waals surface area contributed by atoms with Gasteiger partial charge in [0.25, 0.3) is 0 Å². The number of furan rings is 2. The van der Waals surface area contributed by atoms with Crippen molar-refractivity contribution in [1.82, 2.24) is 18.3 Å². The summed E-state index contributed by atoms with van der Waals surface area (Å²) in [4.78, 5) is 0. The molecule has 0 fully saturated rings. The van der Waals surface area contributed by atoms with E-state index in [0.29, 0.717) is 0 Å². The van der Waals surface area contributed by atoms with Crippen LogP contribution in [0.5, 0.6) is 0 Å². The molecular weight excluding hydrogens is 1400 g/mol. The van der Waals surface area contributed by atoms with Gasteiger partial charge in [-0.2, -0.15) is 0 Å². The van der Waals surface area contributed by atoms with Gasteiger partial charge in [0, 0.05) is 65.5 Å². The van der Waals surface area contributed by atoms with E-state index in [9.17, 15) is 0 Å². The molecule has 6 aromatic heterocycles. The van der Waals surface area contributed by atoms with Crippen molar-refractivity contribution in [1.29, 1.82) is 0 Å². The molecule has 1 aliphatic carbocycles. The second-order valence-corrected chi connectivity index (χ2v) is 31.0. The third-order valence-corrected chi connectivity index (χ3v) is 24.8. The highest BCUT2D eigenvalue weighted by atomic mass is 16.3. The lowest BCUT2D eigenvalue weighted by Gasteiger charge is -2.27. The normalized spacial score (nSPS) is 13.7. The minimum atomic E-state index is -0.0111. The molecule has 0 bridgehead atoms. The van der Waals surface area contributed by atoms with Crippen LogP contribution in [0.3, 0.4) is 0 Å². The van der Waals surface area contributed by atoms with Crippen LogP contribution in [0.2, 0.25) is 0 Å². The molecule has 24 rings (SSSR count). The second-order valence-electron chi connectivity index (χ2n) is 31.0. The molecule has 6 heteroatoms. The van der Waals surface area contributed by atoms with Crippen molar-refractivity contribution in [3.63, 3.8) is 0 Å². The summed E-state index contributed by atoms with van der Waals surface area (Å²) in [6.45, 7) is 2.45. The van der Waals surface area contributed by atoms with Gasteiger partial charge in [-0.1, -0.05) is 292 Å². The average Bonchev–Trinajstić information content (AvgIpc) is 1.55. The van der Waals surface area contributed by atoms with Gasteiger partial charge in [0.1, 0.15) is 11.2 Å². The lowest BCUT2D eigenvalue weighted by molar-refractivity contribution is 0.662. The number of nitrogens with zero attached hydrogens (tertiary/aromatic N) is 4. The first-order chi connectivity index (χ1) is 57.0. The Kier molecular flexibility index (Phi) is 14.4. The van der Waals surface area contributed by atoms with Crippen molar-refractivity contribution in [2.45, 2.75) is 18.8 Å². The molecule has 0 saturated heterocycles. The van der Waals surface area contributed by atoms with E-state index in [0.717, 1.165) is 139 Å². The van der Waals surface area contributed by atoms with Gasteiger partial charge in [-0.25, -0.2) is 0 Å². The predicted molar refractivity (Wildman–Crippen MR) is 480 cm³/mol. The molecule has 2 unspecified atom stereocenters. The van der Waals surface area contributed by atoms with Gasteiger partial charge in [-0.3, -0.25) is 0 Å². The Morgan fingerprint density at radius 3 is 1.17 bits per heavy atom. The van der Waals surface area contributed by atoms with Gasteiger partial charge in [0.15, 0.2) is 11.2 Å². The SMILES string of the molecule is CC1c2c(n(-c3cc(-n4c5ccccc5c5ccccc54)cc4c3oc3ccc(-c5cccc(-c6ccc(-c7ccccc7)cc6)c5)cc34)c3ccccc23)C=CC1c1cccc2c1c1ccccc1n2-c1ccc(-n2c3ccccc3c3ccccc32)c2oc3ccc(-c4cccc(-c5ccc(-c6ccccc6)cc5)c4)cc3c12. The molecule has 0 saturated carbocycles. The van der Waals surface area contributed by atoms with E-state index in [1.807, 2.05) is 0 Å². The number of para-hydroxylation sites is 6. The number of rotatable bonds is 11. The molecule has 2 atom stereocenters. The van der Waals surface area contributed by atoms with Gasteiger partial charge in [0.2, 0.25) is 0 Å². The first-order valence-corrected chi connectivity index (χ1v) is 39.8. The van der Waals surface area contributed by atoms with Crippen LogP contribution in [0.1, 0.15) is 35.6 Å². The first kappa shape index (κ1) is 64.8. The van der Waals surface area contributed by atoms with Crippen LogP contribution in [0.25, 0.3) is 216 Å². The van der Waals surface area contributed by atoms with E-state index in [1.165, 1.54) is 87.8 Å². The summed E-state index contributed by atoms with van der Waals surface area (Å²) in [7, 11) is 0. The van der Waals surface area contributed by atoms with E-state index >= 15 is 0 Å². The Morgan fingerprint density at radius 1 is 0.235 bits per heavy atom. The minimum Gasteiger partial charge on any atom is -0.454 e. The maximum atomic E-state index is 7.43. The van der Waals surface area contributed by atoms with Crippen molar-refractivity contribution in [2.24, 2.45) is 0 Å². The van der Waals surface area contributed by atoms with Crippen LogP contribution >= 0.6 is 0 Å². The summed E-state index contributed by atoms with van der Waals surface area (Å²) in [6, 6.07) is 140. The highest BCUT2D eigenvalue weighted by Crippen LogP contribution is 2.52. The van der Waals surface area contributed by atoms with Crippen LogP contribution in [-0.2, 0) is 0 Å². The Balaban J connectivity index is 0.669. The third-order valence-electron chi connectivity index (χ3n) is 24.8. The summed E-state index contributed by atoms with van der Waals surface area (Å²) < 4.78 is 24.7. The van der Waals surface area contributed by atoms with E-state index < -0.39 is 0 Å². The molecule has 115 heavy (non-hydrogen) atoms. The third kappa shape index (κ3) is 10.0. The quantitative estimate of drug-likeness (QED) is 0.130. The van der Waals surface area contributed by atoms with Gasteiger partial charge < -0.3 is 27.1 Å². The highest BCUT2D eigenvalue weighted by Gasteiger charge is 2.34. The fraction of sp³-hybridized carbons (Fsp3) is 0.0275. The van der Waals surface area contributed by atoms with Gasteiger partial charge in [-0.05, 0) is 193 Å². The van der Waals surface area contributed by atoms with Gasteiger partial charge in [-0.15, -0.1) is 0 Å². The molecule has 0 amide bonds. The van der Waals surface area contributed by atoms with Crippen molar-refractivity contribution in [3.05, 3.63) is 405 Å². The Hall–Kier alpha value is -15.0. The van der Waals surface area contributed by atoms with Crippen LogP contribution in [-0.4, -0.2) is 18.3 Å². The zero-order valence-electron chi connectivity index (χ0n) is 62.8. The zero-order valence-corrected chi connectivity index (χ0v) is 62.8. The molecule has 0 radical (unpaired) electrons. The van der Waals surface area contributed by atoms with E-state index in [-0.39, 0.29) is 11.8 Å². The highest BCUT2D eigenvalue weighted by molar-refractivity contribution is 6.20. The maximum Gasteiger partial charge on any atom is 0.161 e. The predicted octanol–water partition coefficient (Wildman–Crippen LogP) is 29.6. The maximum absolute atomic E-state index is 7.43. The molecule has 1 aliphatic rings. The number of hydrogen-bond donors (Lipinski definition) is 0. The summed E-state index contributed by atoms with van der Waals surface area (Å²) in [5, 5.41) is 12.7. The Labute approximate surface area is 662 Å².